The zero-order valence-corrected chi connectivity index (χ0v) is 13.2. The first-order valence-corrected chi connectivity index (χ1v) is 8.00. The number of fused-ring (bicyclic) bond motifs is 2. The van der Waals surface area contributed by atoms with Crippen molar-refractivity contribution in [1.29, 1.82) is 0 Å². The number of benzene rings is 3. The lowest BCUT2D eigenvalue weighted by Crippen LogP contribution is -1.84. The molecule has 0 saturated carbocycles. The number of rotatable bonds is 2. The second kappa shape index (κ2) is 5.21. The van der Waals surface area contributed by atoms with E-state index in [9.17, 15) is 5.11 Å². The Kier molecular flexibility index (Phi) is 2.87. The smallest absolute Gasteiger partial charge is 0.164 e. The van der Waals surface area contributed by atoms with Gasteiger partial charge in [-0.15, -0.1) is 0 Å². The minimum absolute atomic E-state index is 0.175. The van der Waals surface area contributed by atoms with Gasteiger partial charge in [0.1, 0.15) is 5.75 Å². The van der Waals surface area contributed by atoms with Gasteiger partial charge in [0.25, 0.3) is 0 Å². The third kappa shape index (κ3) is 2.25. The number of hydrogen-bond donors (Lipinski definition) is 3. The third-order valence-corrected chi connectivity index (χ3v) is 4.38. The average molecular weight is 326 g/mol. The van der Waals surface area contributed by atoms with E-state index in [2.05, 4.69) is 20.2 Å². The van der Waals surface area contributed by atoms with E-state index in [1.165, 1.54) is 0 Å². The van der Waals surface area contributed by atoms with Crippen LogP contribution in [0.15, 0.2) is 66.9 Å². The van der Waals surface area contributed by atoms with Crippen LogP contribution in [0.2, 0.25) is 0 Å². The number of nitrogens with one attached hydrogen (secondary N) is 2. The van der Waals surface area contributed by atoms with Crippen molar-refractivity contribution in [3.63, 3.8) is 0 Å². The van der Waals surface area contributed by atoms with E-state index in [-0.39, 0.29) is 5.75 Å². The standard InChI is InChI=1S/C20H14N4O/c25-19-7-6-13(12-4-2-1-3-5-12)8-15(19)20-22-17-9-14-11-21-24-16(14)10-18(17)23-20/h1-11,21,24-25H. The van der Waals surface area contributed by atoms with Crippen molar-refractivity contribution in [2.75, 3.05) is 0 Å². The molecule has 0 atom stereocenters. The van der Waals surface area contributed by atoms with Crippen LogP contribution >= 0.6 is 0 Å². The maximum Gasteiger partial charge on any atom is 0.164 e. The summed E-state index contributed by atoms with van der Waals surface area (Å²) in [5, 5.41) is 17.4. The molecule has 3 aromatic carbocycles. The summed E-state index contributed by atoms with van der Waals surface area (Å²) in [7, 11) is 0. The largest absolute Gasteiger partial charge is 0.507 e. The maximum atomic E-state index is 10.3. The molecule has 2 aromatic heterocycles. The molecule has 2 heterocycles. The Morgan fingerprint density at radius 3 is 2.44 bits per heavy atom. The molecule has 0 spiro atoms. The molecule has 3 N–H and O–H groups in total. The molecule has 0 aliphatic carbocycles. The van der Waals surface area contributed by atoms with E-state index in [4.69, 9.17) is 0 Å². The van der Waals surface area contributed by atoms with Crippen LogP contribution in [0.1, 0.15) is 0 Å². The average Bonchev–Trinajstić information content (AvgIpc) is 3.26. The predicted octanol–water partition coefficient (Wildman–Crippen LogP) is 4.48. The van der Waals surface area contributed by atoms with Crippen LogP contribution in [0.5, 0.6) is 5.75 Å². The lowest BCUT2D eigenvalue weighted by atomic mass is 10.0. The van der Waals surface area contributed by atoms with Crippen LogP contribution in [-0.2, 0) is 0 Å². The van der Waals surface area contributed by atoms with Crippen molar-refractivity contribution in [3.05, 3.63) is 66.9 Å². The predicted molar refractivity (Wildman–Crippen MR) is 98.3 cm³/mol. The molecule has 25 heavy (non-hydrogen) atoms. The monoisotopic (exact) mass is 326 g/mol. The van der Waals surface area contributed by atoms with E-state index in [0.717, 1.165) is 33.1 Å². The first-order valence-electron chi connectivity index (χ1n) is 8.00. The van der Waals surface area contributed by atoms with Gasteiger partial charge in [0, 0.05) is 11.6 Å². The second-order valence-electron chi connectivity index (χ2n) is 5.99. The molecule has 5 nitrogen and oxygen atoms in total. The summed E-state index contributed by atoms with van der Waals surface area (Å²) in [5.74, 6) is 0.704. The molecule has 0 aliphatic rings. The van der Waals surface area contributed by atoms with Crippen LogP contribution in [0, 0.1) is 0 Å². The fourth-order valence-corrected chi connectivity index (χ4v) is 3.09. The van der Waals surface area contributed by atoms with Crippen molar-refractivity contribution < 1.29 is 5.11 Å². The van der Waals surface area contributed by atoms with Crippen LogP contribution in [0.3, 0.4) is 0 Å². The SMILES string of the molecule is Oc1ccc(-c2ccccc2)cc1-c1nc2cc3c[nH][nH]c3cc2n1. The van der Waals surface area contributed by atoms with Crippen molar-refractivity contribution in [2.45, 2.75) is 0 Å². The van der Waals surface area contributed by atoms with E-state index in [0.29, 0.717) is 11.4 Å². The number of H-pyrrole nitrogens is 2. The molecule has 0 saturated heterocycles. The van der Waals surface area contributed by atoms with Gasteiger partial charge in [-0.3, -0.25) is 0 Å². The van der Waals surface area contributed by atoms with Gasteiger partial charge in [-0.25, -0.2) is 9.97 Å². The zero-order valence-electron chi connectivity index (χ0n) is 13.2. The molecule has 5 aromatic rings. The van der Waals surface area contributed by atoms with E-state index in [1.54, 1.807) is 6.07 Å². The number of phenolic OH excluding ortho intramolecular Hbond substituents is 1. The van der Waals surface area contributed by atoms with Gasteiger partial charge in [-0.1, -0.05) is 36.4 Å². The van der Waals surface area contributed by atoms with Crippen LogP contribution in [0.25, 0.3) is 44.5 Å². The Bertz CT molecular complexity index is 1160. The Hall–Kier alpha value is -3.60. The normalized spacial score (nSPS) is 11.4. The zero-order chi connectivity index (χ0) is 16.8. The maximum absolute atomic E-state index is 10.3. The molecule has 5 heteroatoms. The van der Waals surface area contributed by atoms with Gasteiger partial charge in [0.05, 0.1) is 22.1 Å². The number of phenols is 1. The topological polar surface area (TPSA) is 77.6 Å². The Morgan fingerprint density at radius 2 is 1.60 bits per heavy atom. The number of imidazole rings is 1. The second-order valence-corrected chi connectivity index (χ2v) is 5.99. The number of aromatic hydroxyl groups is 1. The molecule has 120 valence electrons. The van der Waals surface area contributed by atoms with E-state index in [1.807, 2.05) is 60.8 Å². The van der Waals surface area contributed by atoms with E-state index < -0.39 is 0 Å². The van der Waals surface area contributed by atoms with Crippen molar-refractivity contribution in [2.24, 2.45) is 0 Å². The molecular weight excluding hydrogens is 312 g/mol. The van der Waals surface area contributed by atoms with Gasteiger partial charge in [0.2, 0.25) is 0 Å². The third-order valence-electron chi connectivity index (χ3n) is 4.38. The van der Waals surface area contributed by atoms with E-state index >= 15 is 0 Å². The highest BCUT2D eigenvalue weighted by atomic mass is 16.3. The first kappa shape index (κ1) is 13.8. The molecule has 0 fully saturated rings. The number of aromatic nitrogens is 4. The number of nitrogens with zero attached hydrogens (tertiary/aromatic N) is 2. The molecule has 0 bridgehead atoms. The highest BCUT2D eigenvalue weighted by Gasteiger charge is 2.13. The minimum atomic E-state index is 0.175. The van der Waals surface area contributed by atoms with Crippen molar-refractivity contribution in [3.8, 4) is 28.3 Å². The first-order chi connectivity index (χ1) is 12.3. The number of hydrogen-bond acceptors (Lipinski definition) is 3. The summed E-state index contributed by atoms with van der Waals surface area (Å²) in [4.78, 5) is 9.21. The summed E-state index contributed by atoms with van der Waals surface area (Å²) in [6.07, 6.45) is 1.89. The molecule has 5 rings (SSSR count). The Labute approximate surface area is 143 Å². The summed E-state index contributed by atoms with van der Waals surface area (Å²) in [6, 6.07) is 19.5. The lowest BCUT2D eigenvalue weighted by Gasteiger charge is -2.05. The molecule has 0 amide bonds. The van der Waals surface area contributed by atoms with Gasteiger partial charge in [-0.05, 0) is 35.4 Å². The van der Waals surface area contributed by atoms with Crippen molar-refractivity contribution >= 4 is 21.9 Å². The minimum Gasteiger partial charge on any atom is -0.507 e. The van der Waals surface area contributed by atoms with Gasteiger partial charge >= 0.3 is 0 Å². The number of aromatic amines is 2. The summed E-state index contributed by atoms with van der Waals surface area (Å²) < 4.78 is 0. The molecule has 0 unspecified atom stereocenters. The summed E-state index contributed by atoms with van der Waals surface area (Å²) >= 11 is 0. The van der Waals surface area contributed by atoms with Gasteiger partial charge in [-0.2, -0.15) is 0 Å². The highest BCUT2D eigenvalue weighted by molar-refractivity contribution is 5.94. The quantitative estimate of drug-likeness (QED) is 0.447. The van der Waals surface area contributed by atoms with Crippen LogP contribution in [0.4, 0.5) is 0 Å². The summed E-state index contributed by atoms with van der Waals surface area (Å²) in [5.41, 5.74) is 5.31. The molecular formula is C20H14N4O. The van der Waals surface area contributed by atoms with Gasteiger partial charge in [0.15, 0.2) is 5.82 Å². The van der Waals surface area contributed by atoms with Crippen LogP contribution in [-0.4, -0.2) is 25.3 Å². The fraction of sp³-hybridized carbons (Fsp3) is 0. The fourth-order valence-electron chi connectivity index (χ4n) is 3.09. The molecule has 0 aliphatic heterocycles. The lowest BCUT2D eigenvalue weighted by molar-refractivity contribution is 0.477. The Balaban J connectivity index is 1.68. The van der Waals surface area contributed by atoms with Crippen LogP contribution < -0.4 is 0 Å². The van der Waals surface area contributed by atoms with Gasteiger partial charge < -0.3 is 15.3 Å². The molecule has 0 radical (unpaired) electrons. The highest BCUT2D eigenvalue weighted by Crippen LogP contribution is 2.33. The Morgan fingerprint density at radius 1 is 0.800 bits per heavy atom. The summed E-state index contributed by atoms with van der Waals surface area (Å²) in [6.45, 7) is 0. The van der Waals surface area contributed by atoms with Crippen molar-refractivity contribution in [1.82, 2.24) is 20.2 Å².